The molecule has 0 heterocycles. The Morgan fingerprint density at radius 2 is 2.16 bits per heavy atom. The van der Waals surface area contributed by atoms with E-state index in [0.717, 1.165) is 6.07 Å². The van der Waals surface area contributed by atoms with Crippen LogP contribution in [-0.4, -0.2) is 31.1 Å². The highest BCUT2D eigenvalue weighted by Gasteiger charge is 2.22. The Kier molecular flexibility index (Phi) is 4.92. The van der Waals surface area contributed by atoms with Gasteiger partial charge in [0.05, 0.1) is 11.0 Å². The zero-order valence-electron chi connectivity index (χ0n) is 10.0. The number of sulfonamides is 1. The van der Waals surface area contributed by atoms with Crippen LogP contribution in [0.1, 0.15) is 13.3 Å². The Morgan fingerprint density at radius 3 is 2.68 bits per heavy atom. The molecule has 1 rings (SSSR count). The van der Waals surface area contributed by atoms with E-state index in [9.17, 15) is 28.0 Å². The fraction of sp³-hybridized carbons (Fsp3) is 0.400. The van der Waals surface area contributed by atoms with Crippen LogP contribution in [0.3, 0.4) is 0 Å². The summed E-state index contributed by atoms with van der Waals surface area (Å²) in [5.74, 6) is -1.09. The van der Waals surface area contributed by atoms with Crippen LogP contribution in [-0.2, 0) is 10.0 Å². The average Bonchev–Trinajstić information content (AvgIpc) is 2.36. The van der Waals surface area contributed by atoms with E-state index >= 15 is 0 Å². The molecule has 0 saturated heterocycles. The van der Waals surface area contributed by atoms with E-state index in [-0.39, 0.29) is 6.54 Å². The van der Waals surface area contributed by atoms with Crippen LogP contribution >= 0.6 is 0 Å². The minimum absolute atomic E-state index is 0.291. The number of rotatable bonds is 6. The van der Waals surface area contributed by atoms with Gasteiger partial charge in [-0.25, -0.2) is 17.5 Å². The van der Waals surface area contributed by atoms with Crippen molar-refractivity contribution in [3.05, 3.63) is 34.1 Å². The van der Waals surface area contributed by atoms with Crippen molar-refractivity contribution in [1.82, 2.24) is 4.72 Å². The van der Waals surface area contributed by atoms with E-state index in [1.807, 2.05) is 4.72 Å². The summed E-state index contributed by atoms with van der Waals surface area (Å²) in [7, 11) is -4.24. The van der Waals surface area contributed by atoms with Crippen LogP contribution in [0.15, 0.2) is 23.1 Å². The van der Waals surface area contributed by atoms with Gasteiger partial charge in [-0.2, -0.15) is 0 Å². The first-order valence-electron chi connectivity index (χ1n) is 5.39. The molecular weight excluding hydrogens is 279 g/mol. The first-order valence-corrected chi connectivity index (χ1v) is 6.88. The summed E-state index contributed by atoms with van der Waals surface area (Å²) in [4.78, 5) is 8.90. The number of hydrogen-bond donors (Lipinski definition) is 2. The van der Waals surface area contributed by atoms with E-state index in [4.69, 9.17) is 0 Å². The topological polar surface area (TPSA) is 110 Å². The second kappa shape index (κ2) is 6.04. The van der Waals surface area contributed by atoms with Crippen molar-refractivity contribution in [2.45, 2.75) is 24.3 Å². The Morgan fingerprint density at radius 1 is 1.53 bits per heavy atom. The maximum atomic E-state index is 13.4. The molecule has 1 aromatic carbocycles. The Labute approximate surface area is 109 Å². The summed E-state index contributed by atoms with van der Waals surface area (Å²) in [5, 5.41) is 19.8. The monoisotopic (exact) mass is 292 g/mol. The molecule has 19 heavy (non-hydrogen) atoms. The lowest BCUT2D eigenvalue weighted by Gasteiger charge is -2.10. The molecule has 0 fully saturated rings. The number of halogens is 1. The molecule has 0 aliphatic heterocycles. The molecule has 0 bridgehead atoms. The molecule has 0 aromatic heterocycles. The smallest absolute Gasteiger partial charge is 0.270 e. The van der Waals surface area contributed by atoms with E-state index in [1.54, 1.807) is 6.92 Å². The van der Waals surface area contributed by atoms with Gasteiger partial charge in [-0.3, -0.25) is 10.1 Å². The summed E-state index contributed by atoms with van der Waals surface area (Å²) < 4.78 is 39.0. The van der Waals surface area contributed by atoms with Gasteiger partial charge in [0, 0.05) is 18.7 Å². The zero-order chi connectivity index (χ0) is 14.6. The maximum Gasteiger partial charge on any atom is 0.270 e. The molecule has 0 amide bonds. The Hall–Kier alpha value is -1.58. The van der Waals surface area contributed by atoms with Gasteiger partial charge in [0.25, 0.3) is 5.69 Å². The van der Waals surface area contributed by atoms with E-state index < -0.39 is 37.5 Å². The lowest BCUT2D eigenvalue weighted by atomic mass is 10.3. The van der Waals surface area contributed by atoms with E-state index in [0.29, 0.717) is 18.6 Å². The third kappa shape index (κ3) is 3.94. The predicted octanol–water partition coefficient (Wildman–Crippen LogP) is 0.783. The lowest BCUT2D eigenvalue weighted by Crippen LogP contribution is -2.32. The SMILES string of the molecule is CCC(O)CNS(=O)(=O)c1cc([N+](=O)[O-])ccc1F. The van der Waals surface area contributed by atoms with Gasteiger partial charge in [-0.05, 0) is 12.5 Å². The fourth-order valence-corrected chi connectivity index (χ4v) is 2.41. The number of aliphatic hydroxyl groups is 1. The van der Waals surface area contributed by atoms with Gasteiger partial charge in [-0.1, -0.05) is 6.92 Å². The highest BCUT2D eigenvalue weighted by atomic mass is 32.2. The first kappa shape index (κ1) is 15.5. The molecule has 106 valence electrons. The van der Waals surface area contributed by atoms with Gasteiger partial charge in [0.15, 0.2) is 0 Å². The largest absolute Gasteiger partial charge is 0.392 e. The number of aliphatic hydroxyl groups excluding tert-OH is 1. The summed E-state index contributed by atoms with van der Waals surface area (Å²) in [6, 6.07) is 2.22. The van der Waals surface area contributed by atoms with Gasteiger partial charge >= 0.3 is 0 Å². The van der Waals surface area contributed by atoms with Gasteiger partial charge in [-0.15, -0.1) is 0 Å². The van der Waals surface area contributed by atoms with Crippen molar-refractivity contribution >= 4 is 15.7 Å². The number of benzene rings is 1. The molecule has 0 radical (unpaired) electrons. The quantitative estimate of drug-likeness (QED) is 0.595. The van der Waals surface area contributed by atoms with Crippen LogP contribution in [0.4, 0.5) is 10.1 Å². The minimum atomic E-state index is -4.24. The van der Waals surface area contributed by atoms with Crippen molar-refractivity contribution < 1.29 is 22.8 Å². The fourth-order valence-electron chi connectivity index (χ4n) is 1.24. The number of hydrogen-bond acceptors (Lipinski definition) is 5. The molecule has 1 atom stereocenters. The molecule has 7 nitrogen and oxygen atoms in total. The molecule has 1 unspecified atom stereocenters. The molecule has 0 saturated carbocycles. The minimum Gasteiger partial charge on any atom is -0.392 e. The highest BCUT2D eigenvalue weighted by Crippen LogP contribution is 2.20. The standard InChI is InChI=1S/C10H13FN2O5S/c1-2-8(14)6-12-19(17,18)10-5-7(13(15)16)3-4-9(10)11/h3-5,8,12,14H,2,6H2,1H3. The molecule has 0 aliphatic rings. The van der Waals surface area contributed by atoms with E-state index in [2.05, 4.69) is 0 Å². The van der Waals surface area contributed by atoms with Crippen LogP contribution in [0.5, 0.6) is 0 Å². The second-order valence-electron chi connectivity index (χ2n) is 3.79. The second-order valence-corrected chi connectivity index (χ2v) is 5.52. The third-order valence-electron chi connectivity index (χ3n) is 2.40. The van der Waals surface area contributed by atoms with Crippen LogP contribution in [0.25, 0.3) is 0 Å². The number of nitrogens with one attached hydrogen (secondary N) is 1. The zero-order valence-corrected chi connectivity index (χ0v) is 10.9. The van der Waals surface area contributed by atoms with Gasteiger partial charge < -0.3 is 5.11 Å². The highest BCUT2D eigenvalue weighted by molar-refractivity contribution is 7.89. The summed E-state index contributed by atoms with van der Waals surface area (Å²) in [6.07, 6.45) is -0.587. The maximum absolute atomic E-state index is 13.4. The molecular formula is C10H13FN2O5S. The number of nitro groups is 1. The predicted molar refractivity (Wildman–Crippen MR) is 64.5 cm³/mol. The lowest BCUT2D eigenvalue weighted by molar-refractivity contribution is -0.385. The average molecular weight is 292 g/mol. The normalized spacial score (nSPS) is 13.2. The summed E-state index contributed by atoms with van der Waals surface area (Å²) >= 11 is 0. The molecule has 0 spiro atoms. The molecule has 2 N–H and O–H groups in total. The number of nitrogens with zero attached hydrogens (tertiary/aromatic N) is 1. The van der Waals surface area contributed by atoms with Crippen LogP contribution in [0, 0.1) is 15.9 Å². The van der Waals surface area contributed by atoms with Gasteiger partial charge in [0.1, 0.15) is 10.7 Å². The first-order chi connectivity index (χ1) is 8.77. The Balaban J connectivity index is 3.06. The van der Waals surface area contributed by atoms with Crippen molar-refractivity contribution in [3.8, 4) is 0 Å². The van der Waals surface area contributed by atoms with Crippen LogP contribution < -0.4 is 4.72 Å². The molecule has 1 aromatic rings. The molecule has 9 heteroatoms. The number of non-ortho nitro benzene ring substituents is 1. The van der Waals surface area contributed by atoms with Crippen molar-refractivity contribution in [2.75, 3.05) is 6.54 Å². The summed E-state index contributed by atoms with van der Waals surface area (Å²) in [6.45, 7) is 1.36. The van der Waals surface area contributed by atoms with Crippen molar-refractivity contribution in [2.24, 2.45) is 0 Å². The van der Waals surface area contributed by atoms with Crippen LogP contribution in [0.2, 0.25) is 0 Å². The van der Waals surface area contributed by atoms with E-state index in [1.165, 1.54) is 0 Å². The van der Waals surface area contributed by atoms with Crippen molar-refractivity contribution in [1.29, 1.82) is 0 Å². The van der Waals surface area contributed by atoms with Gasteiger partial charge in [0.2, 0.25) is 10.0 Å². The molecule has 0 aliphatic carbocycles. The third-order valence-corrected chi connectivity index (χ3v) is 3.83. The summed E-state index contributed by atoms with van der Waals surface area (Å²) in [5.41, 5.74) is -0.530. The Bertz CT molecular complexity index is 575. The number of nitro benzene ring substituents is 1. The van der Waals surface area contributed by atoms with Crippen molar-refractivity contribution in [3.63, 3.8) is 0 Å².